The molecule has 0 bridgehead atoms. The van der Waals surface area contributed by atoms with Crippen molar-refractivity contribution in [2.24, 2.45) is 12.2 Å². The van der Waals surface area contributed by atoms with Crippen LogP contribution in [-0.4, -0.2) is 43.5 Å². The van der Waals surface area contributed by atoms with Crippen LogP contribution in [0, 0.1) is 0 Å². The van der Waals surface area contributed by atoms with Crippen LogP contribution in [-0.2, 0) is 26.6 Å². The van der Waals surface area contributed by atoms with E-state index in [1.807, 2.05) is 5.32 Å². The normalized spacial score (nSPS) is 12.4. The molecule has 0 saturated carbocycles. The third kappa shape index (κ3) is 5.14. The van der Waals surface area contributed by atoms with Gasteiger partial charge in [-0.15, -0.1) is 0 Å². The third-order valence-corrected chi connectivity index (χ3v) is 2.77. The number of carbonyl (C=O) groups excluding carboxylic acids is 1. The van der Waals surface area contributed by atoms with Crippen LogP contribution in [0.5, 0.6) is 0 Å². The van der Waals surface area contributed by atoms with Crippen molar-refractivity contribution in [2.75, 3.05) is 18.5 Å². The second-order valence-electron chi connectivity index (χ2n) is 3.72. The predicted octanol–water partition coefficient (Wildman–Crippen LogP) is -0.415. The number of carbonyl (C=O) groups is 1. The Balaban J connectivity index is 2.68. The summed E-state index contributed by atoms with van der Waals surface area (Å²) in [6.45, 7) is -2.50. The number of aromatic nitrogens is 2. The molecule has 20 heavy (non-hydrogen) atoms. The van der Waals surface area contributed by atoms with Gasteiger partial charge in [-0.25, -0.2) is 13.6 Å². The zero-order valence-electron chi connectivity index (χ0n) is 10.1. The van der Waals surface area contributed by atoms with E-state index in [1.165, 1.54) is 7.05 Å². The SMILES string of the molecule is Cn1cc(S(N)(=O)=O)c(NC(=O)COCC(F)(F)F)n1. The average molecular weight is 316 g/mol. The van der Waals surface area contributed by atoms with Crippen molar-refractivity contribution in [2.45, 2.75) is 11.1 Å². The van der Waals surface area contributed by atoms with Crippen LogP contribution in [0.4, 0.5) is 19.0 Å². The fourth-order valence-electron chi connectivity index (χ4n) is 1.19. The molecule has 1 rings (SSSR count). The minimum atomic E-state index is -4.56. The number of ether oxygens (including phenoxy) is 1. The topological polar surface area (TPSA) is 116 Å². The standard InChI is InChI=1S/C8H11F3N4O4S/c1-15-2-5(20(12,17)18)7(14-15)13-6(16)3-19-4-8(9,10)11/h2H,3-4H2,1H3,(H2,12,17,18)(H,13,14,16). The number of amides is 1. The first kappa shape index (κ1) is 16.4. The van der Waals surface area contributed by atoms with Crippen LogP contribution in [0.2, 0.25) is 0 Å². The highest BCUT2D eigenvalue weighted by Gasteiger charge is 2.28. The number of sulfonamides is 1. The van der Waals surface area contributed by atoms with Crippen LogP contribution in [0.15, 0.2) is 11.1 Å². The van der Waals surface area contributed by atoms with E-state index in [9.17, 15) is 26.4 Å². The maximum absolute atomic E-state index is 11.8. The quantitative estimate of drug-likeness (QED) is 0.765. The Morgan fingerprint density at radius 1 is 1.55 bits per heavy atom. The predicted molar refractivity (Wildman–Crippen MR) is 60.1 cm³/mol. The molecule has 0 radical (unpaired) electrons. The lowest BCUT2D eigenvalue weighted by Gasteiger charge is -2.07. The smallest absolute Gasteiger partial charge is 0.362 e. The van der Waals surface area contributed by atoms with Gasteiger partial charge in [0.15, 0.2) is 5.82 Å². The summed E-state index contributed by atoms with van der Waals surface area (Å²) in [5, 5.41) is 10.5. The van der Waals surface area contributed by atoms with Crippen molar-refractivity contribution in [3.05, 3.63) is 6.20 Å². The first-order valence-electron chi connectivity index (χ1n) is 5.00. The molecule has 0 atom stereocenters. The Kier molecular flexibility index (Phi) is 4.73. The molecule has 114 valence electrons. The summed E-state index contributed by atoms with van der Waals surface area (Å²) in [5.74, 6) is -1.37. The number of primary sulfonamides is 1. The number of hydrogen-bond acceptors (Lipinski definition) is 5. The van der Waals surface area contributed by atoms with Gasteiger partial charge >= 0.3 is 6.18 Å². The van der Waals surface area contributed by atoms with Gasteiger partial charge in [-0.2, -0.15) is 18.3 Å². The van der Waals surface area contributed by atoms with Crippen LogP contribution < -0.4 is 10.5 Å². The van der Waals surface area contributed by atoms with Crippen LogP contribution in [0.25, 0.3) is 0 Å². The van der Waals surface area contributed by atoms with Gasteiger partial charge in [0.2, 0.25) is 10.0 Å². The van der Waals surface area contributed by atoms with Gasteiger partial charge in [0.1, 0.15) is 18.1 Å². The number of aryl methyl sites for hydroxylation is 1. The number of halogens is 3. The van der Waals surface area contributed by atoms with E-state index in [0.29, 0.717) is 0 Å². The molecule has 8 nitrogen and oxygen atoms in total. The molecule has 0 fully saturated rings. The molecular weight excluding hydrogens is 305 g/mol. The number of alkyl halides is 3. The molecular formula is C8H11F3N4O4S. The van der Waals surface area contributed by atoms with Gasteiger partial charge in [-0.3, -0.25) is 9.48 Å². The molecule has 0 aliphatic rings. The second-order valence-corrected chi connectivity index (χ2v) is 5.25. The minimum Gasteiger partial charge on any atom is -0.362 e. The van der Waals surface area contributed by atoms with E-state index in [-0.39, 0.29) is 5.82 Å². The molecule has 0 unspecified atom stereocenters. The summed E-state index contributed by atoms with van der Waals surface area (Å²) in [6.07, 6.45) is -3.52. The summed E-state index contributed by atoms with van der Waals surface area (Å²) in [5.41, 5.74) is 0. The van der Waals surface area contributed by atoms with Gasteiger partial charge in [0.25, 0.3) is 5.91 Å². The lowest BCUT2D eigenvalue weighted by atomic mass is 10.5. The van der Waals surface area contributed by atoms with Gasteiger partial charge in [-0.1, -0.05) is 0 Å². The number of hydrogen-bond donors (Lipinski definition) is 2. The second kappa shape index (κ2) is 5.76. The lowest BCUT2D eigenvalue weighted by molar-refractivity contribution is -0.174. The van der Waals surface area contributed by atoms with Crippen molar-refractivity contribution in [1.29, 1.82) is 0 Å². The monoisotopic (exact) mass is 316 g/mol. The van der Waals surface area contributed by atoms with Crippen molar-refractivity contribution >= 4 is 21.7 Å². The number of nitrogens with one attached hydrogen (secondary N) is 1. The number of anilines is 1. The Morgan fingerprint density at radius 2 is 2.15 bits per heavy atom. The molecule has 12 heteroatoms. The maximum atomic E-state index is 11.8. The Labute approximate surface area is 111 Å². The Hall–Kier alpha value is -1.66. The molecule has 1 aromatic heterocycles. The highest BCUT2D eigenvalue weighted by atomic mass is 32.2. The zero-order valence-corrected chi connectivity index (χ0v) is 11.0. The van der Waals surface area contributed by atoms with Gasteiger partial charge in [0, 0.05) is 13.2 Å². The largest absolute Gasteiger partial charge is 0.411 e. The summed E-state index contributed by atoms with van der Waals surface area (Å²) in [4.78, 5) is 10.8. The Morgan fingerprint density at radius 3 is 2.65 bits per heavy atom. The van der Waals surface area contributed by atoms with Crippen LogP contribution in [0.3, 0.4) is 0 Å². The summed E-state index contributed by atoms with van der Waals surface area (Å²) in [7, 11) is -2.74. The molecule has 0 aromatic carbocycles. The zero-order chi connectivity index (χ0) is 15.6. The van der Waals surface area contributed by atoms with E-state index in [1.54, 1.807) is 0 Å². The highest BCUT2D eigenvalue weighted by Crippen LogP contribution is 2.17. The fourth-order valence-corrected chi connectivity index (χ4v) is 1.85. The van der Waals surface area contributed by atoms with Gasteiger partial charge in [0.05, 0.1) is 0 Å². The van der Waals surface area contributed by atoms with Crippen LogP contribution >= 0.6 is 0 Å². The average Bonchev–Trinajstić information content (AvgIpc) is 2.56. The molecule has 1 heterocycles. The van der Waals surface area contributed by atoms with Gasteiger partial charge in [-0.05, 0) is 0 Å². The molecule has 1 aromatic rings. The van der Waals surface area contributed by atoms with E-state index >= 15 is 0 Å². The van der Waals surface area contributed by atoms with Crippen molar-refractivity contribution < 1.29 is 31.1 Å². The lowest BCUT2D eigenvalue weighted by Crippen LogP contribution is -2.25. The number of rotatable bonds is 5. The molecule has 3 N–H and O–H groups in total. The van der Waals surface area contributed by atoms with E-state index < -0.39 is 40.2 Å². The van der Waals surface area contributed by atoms with E-state index in [4.69, 9.17) is 5.14 Å². The summed E-state index contributed by atoms with van der Waals surface area (Å²) >= 11 is 0. The first-order valence-corrected chi connectivity index (χ1v) is 6.54. The molecule has 1 amide bonds. The van der Waals surface area contributed by atoms with Crippen LogP contribution in [0.1, 0.15) is 0 Å². The van der Waals surface area contributed by atoms with E-state index in [2.05, 4.69) is 9.84 Å². The van der Waals surface area contributed by atoms with E-state index in [0.717, 1.165) is 10.9 Å². The molecule has 0 spiro atoms. The molecule has 0 saturated heterocycles. The number of nitrogens with zero attached hydrogens (tertiary/aromatic N) is 2. The van der Waals surface area contributed by atoms with Gasteiger partial charge < -0.3 is 10.1 Å². The summed E-state index contributed by atoms with van der Waals surface area (Å²) in [6, 6.07) is 0. The van der Waals surface area contributed by atoms with Crippen molar-refractivity contribution in [3.8, 4) is 0 Å². The summed E-state index contributed by atoms with van der Waals surface area (Å²) < 4.78 is 62.9. The first-order chi connectivity index (χ1) is 8.99. The maximum Gasteiger partial charge on any atom is 0.411 e. The molecule has 0 aliphatic carbocycles. The number of nitrogens with two attached hydrogens (primary N) is 1. The van der Waals surface area contributed by atoms with Crippen molar-refractivity contribution in [3.63, 3.8) is 0 Å². The molecule has 0 aliphatic heterocycles. The van der Waals surface area contributed by atoms with Crippen molar-refractivity contribution in [1.82, 2.24) is 9.78 Å². The fraction of sp³-hybridized carbons (Fsp3) is 0.500. The Bertz CT molecular complexity index is 595. The highest BCUT2D eigenvalue weighted by molar-refractivity contribution is 7.89. The third-order valence-electron chi connectivity index (χ3n) is 1.86. The minimum absolute atomic E-state index is 0.379.